The SMILES string of the molecule is CCN1CCC(NC(=O)CSc2nnc(-c3ccccc3)n2-c2ccc(C)c(C)c2)CC1. The Bertz CT molecular complexity index is 1060. The predicted molar refractivity (Wildman–Crippen MR) is 130 cm³/mol. The van der Waals surface area contributed by atoms with Crippen LogP contribution in [0.4, 0.5) is 0 Å². The van der Waals surface area contributed by atoms with Crippen molar-refractivity contribution in [3.05, 3.63) is 59.7 Å². The van der Waals surface area contributed by atoms with Gasteiger partial charge in [0.1, 0.15) is 0 Å². The number of aromatic nitrogens is 3. The molecule has 4 rings (SSSR count). The lowest BCUT2D eigenvalue weighted by Crippen LogP contribution is -2.45. The molecular weight excluding hydrogens is 418 g/mol. The quantitative estimate of drug-likeness (QED) is 0.547. The average Bonchev–Trinajstić information content (AvgIpc) is 3.24. The van der Waals surface area contributed by atoms with Crippen LogP contribution < -0.4 is 5.32 Å². The van der Waals surface area contributed by atoms with Gasteiger partial charge in [-0.05, 0) is 56.5 Å². The van der Waals surface area contributed by atoms with E-state index in [0.717, 1.165) is 54.7 Å². The highest BCUT2D eigenvalue weighted by molar-refractivity contribution is 7.99. The van der Waals surface area contributed by atoms with Crippen molar-refractivity contribution in [1.29, 1.82) is 0 Å². The normalized spacial score (nSPS) is 15.1. The first-order chi connectivity index (χ1) is 15.5. The van der Waals surface area contributed by atoms with Gasteiger partial charge in [0.25, 0.3) is 0 Å². The van der Waals surface area contributed by atoms with Gasteiger partial charge in [-0.3, -0.25) is 9.36 Å². The fourth-order valence-electron chi connectivity index (χ4n) is 4.03. The molecule has 0 unspecified atom stereocenters. The van der Waals surface area contributed by atoms with Crippen LogP contribution >= 0.6 is 11.8 Å². The van der Waals surface area contributed by atoms with Crippen LogP contribution in [0.5, 0.6) is 0 Å². The fourth-order valence-corrected chi connectivity index (χ4v) is 4.79. The molecule has 7 heteroatoms. The molecule has 1 amide bonds. The summed E-state index contributed by atoms with van der Waals surface area (Å²) in [6.45, 7) is 9.58. The van der Waals surface area contributed by atoms with E-state index >= 15 is 0 Å². The van der Waals surface area contributed by atoms with E-state index in [-0.39, 0.29) is 11.9 Å². The molecule has 1 saturated heterocycles. The van der Waals surface area contributed by atoms with E-state index < -0.39 is 0 Å². The zero-order chi connectivity index (χ0) is 22.5. The molecular formula is C25H31N5OS. The van der Waals surface area contributed by atoms with Crippen molar-refractivity contribution >= 4 is 17.7 Å². The Morgan fingerprint density at radius 3 is 2.50 bits per heavy atom. The lowest BCUT2D eigenvalue weighted by Gasteiger charge is -2.31. The first-order valence-electron chi connectivity index (χ1n) is 11.3. The molecule has 0 saturated carbocycles. The van der Waals surface area contributed by atoms with Crippen molar-refractivity contribution in [1.82, 2.24) is 25.0 Å². The smallest absolute Gasteiger partial charge is 0.230 e. The van der Waals surface area contributed by atoms with Crippen LogP contribution in [0.3, 0.4) is 0 Å². The fraction of sp³-hybridized carbons (Fsp3) is 0.400. The summed E-state index contributed by atoms with van der Waals surface area (Å²) in [4.78, 5) is 15.1. The number of nitrogens with one attached hydrogen (secondary N) is 1. The number of amides is 1. The van der Waals surface area contributed by atoms with Crippen molar-refractivity contribution in [3.63, 3.8) is 0 Å². The first kappa shape index (κ1) is 22.6. The topological polar surface area (TPSA) is 63.1 Å². The number of carbonyl (C=O) groups is 1. The van der Waals surface area contributed by atoms with Crippen molar-refractivity contribution in [2.24, 2.45) is 0 Å². The monoisotopic (exact) mass is 449 g/mol. The second kappa shape index (κ2) is 10.3. The molecule has 1 aromatic heterocycles. The molecule has 2 aromatic carbocycles. The summed E-state index contributed by atoms with van der Waals surface area (Å²) in [6.07, 6.45) is 2.03. The van der Waals surface area contributed by atoms with E-state index in [1.165, 1.54) is 22.9 Å². The number of thioether (sulfide) groups is 1. The minimum Gasteiger partial charge on any atom is -0.353 e. The van der Waals surface area contributed by atoms with Crippen LogP contribution in [0.2, 0.25) is 0 Å². The second-order valence-corrected chi connectivity index (χ2v) is 9.28. The summed E-state index contributed by atoms with van der Waals surface area (Å²) >= 11 is 1.44. The molecule has 1 aliphatic heterocycles. The van der Waals surface area contributed by atoms with Crippen LogP contribution in [-0.4, -0.2) is 57.0 Å². The molecule has 1 fully saturated rings. The standard InChI is InChI=1S/C25H31N5OS/c1-4-29-14-12-21(13-15-29)26-23(31)17-32-25-28-27-24(20-8-6-5-7-9-20)30(25)22-11-10-18(2)19(3)16-22/h5-11,16,21H,4,12-15,17H2,1-3H3,(H,26,31). The number of benzene rings is 2. The van der Waals surface area contributed by atoms with Crippen LogP contribution in [0.25, 0.3) is 17.1 Å². The summed E-state index contributed by atoms with van der Waals surface area (Å²) in [5.74, 6) is 1.16. The highest BCUT2D eigenvalue weighted by Gasteiger charge is 2.21. The summed E-state index contributed by atoms with van der Waals surface area (Å²) in [6, 6.07) is 16.7. The molecule has 3 aromatic rings. The minimum absolute atomic E-state index is 0.0563. The molecule has 168 valence electrons. The lowest BCUT2D eigenvalue weighted by atomic mass is 10.1. The Morgan fingerprint density at radius 2 is 1.81 bits per heavy atom. The van der Waals surface area contributed by atoms with Crippen LogP contribution in [-0.2, 0) is 4.79 Å². The third-order valence-electron chi connectivity index (χ3n) is 6.15. The van der Waals surface area contributed by atoms with E-state index in [1.54, 1.807) is 0 Å². The van der Waals surface area contributed by atoms with Gasteiger partial charge in [0.15, 0.2) is 11.0 Å². The zero-order valence-corrected chi connectivity index (χ0v) is 19.9. The van der Waals surface area contributed by atoms with Gasteiger partial charge in [-0.2, -0.15) is 0 Å². The molecule has 0 radical (unpaired) electrons. The van der Waals surface area contributed by atoms with Gasteiger partial charge in [0.05, 0.1) is 11.4 Å². The Hall–Kier alpha value is -2.64. The van der Waals surface area contributed by atoms with Gasteiger partial charge in [-0.1, -0.05) is 55.1 Å². The van der Waals surface area contributed by atoms with Gasteiger partial charge in [0, 0.05) is 24.7 Å². The predicted octanol–water partition coefficient (Wildman–Crippen LogP) is 4.24. The Labute approximate surface area is 194 Å². The number of piperidine rings is 1. The minimum atomic E-state index is 0.0563. The average molecular weight is 450 g/mol. The zero-order valence-electron chi connectivity index (χ0n) is 19.0. The van der Waals surface area contributed by atoms with Crippen molar-refractivity contribution < 1.29 is 4.79 Å². The third-order valence-corrected chi connectivity index (χ3v) is 7.08. The van der Waals surface area contributed by atoms with Gasteiger partial charge < -0.3 is 10.2 Å². The van der Waals surface area contributed by atoms with E-state index in [0.29, 0.717) is 5.75 Å². The number of aryl methyl sites for hydroxylation is 2. The second-order valence-electron chi connectivity index (χ2n) is 8.34. The van der Waals surface area contributed by atoms with Gasteiger partial charge in [-0.25, -0.2) is 0 Å². The Kier molecular flexibility index (Phi) is 7.27. The largest absolute Gasteiger partial charge is 0.353 e. The van der Waals surface area contributed by atoms with Crippen molar-refractivity contribution in [2.45, 2.75) is 44.8 Å². The molecule has 1 aliphatic rings. The van der Waals surface area contributed by atoms with Crippen LogP contribution in [0.1, 0.15) is 30.9 Å². The summed E-state index contributed by atoms with van der Waals surface area (Å²) in [7, 11) is 0. The van der Waals surface area contributed by atoms with Gasteiger partial charge in [-0.15, -0.1) is 10.2 Å². The van der Waals surface area contributed by atoms with E-state index in [9.17, 15) is 4.79 Å². The summed E-state index contributed by atoms with van der Waals surface area (Å²) in [5, 5.41) is 12.9. The van der Waals surface area contributed by atoms with Crippen LogP contribution in [0.15, 0.2) is 53.7 Å². The maximum atomic E-state index is 12.7. The number of carbonyl (C=O) groups excluding carboxylic acids is 1. The Balaban J connectivity index is 1.51. The molecule has 2 heterocycles. The van der Waals surface area contributed by atoms with Gasteiger partial charge >= 0.3 is 0 Å². The van der Waals surface area contributed by atoms with Crippen LogP contribution in [0, 0.1) is 13.8 Å². The molecule has 0 spiro atoms. The molecule has 0 bridgehead atoms. The maximum Gasteiger partial charge on any atom is 0.230 e. The number of hydrogen-bond acceptors (Lipinski definition) is 5. The Morgan fingerprint density at radius 1 is 1.06 bits per heavy atom. The number of likely N-dealkylation sites (tertiary alicyclic amines) is 1. The first-order valence-corrected chi connectivity index (χ1v) is 12.3. The number of rotatable bonds is 7. The number of hydrogen-bond donors (Lipinski definition) is 1. The summed E-state index contributed by atoms with van der Waals surface area (Å²) < 4.78 is 2.06. The lowest BCUT2D eigenvalue weighted by molar-refractivity contribution is -0.119. The molecule has 0 atom stereocenters. The maximum absolute atomic E-state index is 12.7. The highest BCUT2D eigenvalue weighted by atomic mass is 32.2. The van der Waals surface area contributed by atoms with E-state index in [1.807, 2.05) is 30.3 Å². The molecule has 1 N–H and O–H groups in total. The van der Waals surface area contributed by atoms with E-state index in [4.69, 9.17) is 0 Å². The third kappa shape index (κ3) is 5.22. The highest BCUT2D eigenvalue weighted by Crippen LogP contribution is 2.28. The molecule has 0 aliphatic carbocycles. The van der Waals surface area contributed by atoms with Crippen molar-refractivity contribution in [3.8, 4) is 17.1 Å². The van der Waals surface area contributed by atoms with Crippen molar-refractivity contribution in [2.75, 3.05) is 25.4 Å². The number of nitrogens with zero attached hydrogens (tertiary/aromatic N) is 4. The molecule has 32 heavy (non-hydrogen) atoms. The summed E-state index contributed by atoms with van der Waals surface area (Å²) in [5.41, 5.74) is 4.46. The van der Waals surface area contributed by atoms with E-state index in [2.05, 4.69) is 64.0 Å². The molecule has 6 nitrogen and oxygen atoms in total. The van der Waals surface area contributed by atoms with Gasteiger partial charge in [0.2, 0.25) is 5.91 Å².